The van der Waals surface area contributed by atoms with Crippen molar-refractivity contribution in [3.63, 3.8) is 0 Å². The van der Waals surface area contributed by atoms with Gasteiger partial charge in [-0.3, -0.25) is 0 Å². The summed E-state index contributed by atoms with van der Waals surface area (Å²) in [5, 5.41) is 0. The zero-order valence-corrected chi connectivity index (χ0v) is 24.7. The Bertz CT molecular complexity index is 1080. The van der Waals surface area contributed by atoms with Gasteiger partial charge in [-0.05, 0) is 6.92 Å². The molecule has 0 bridgehead atoms. The maximum Gasteiger partial charge on any atom is 0.460 e. The van der Waals surface area contributed by atoms with Crippen LogP contribution in [0, 0.1) is 0 Å². The third-order valence-corrected chi connectivity index (χ3v) is 8.53. The minimum absolute atomic E-state index is 0.696. The molecule has 0 aromatic heterocycles. The van der Waals surface area contributed by atoms with Gasteiger partial charge in [0.1, 0.15) is 4.58 Å². The van der Waals surface area contributed by atoms with Crippen LogP contribution in [-0.2, 0) is 9.53 Å². The van der Waals surface area contributed by atoms with E-state index in [1.165, 1.54) is 0 Å². The summed E-state index contributed by atoms with van der Waals surface area (Å²) in [4.78, 5) is 11.9. The van der Waals surface area contributed by atoms with Crippen molar-refractivity contribution < 1.29 is 124 Å². The van der Waals surface area contributed by atoms with E-state index in [-0.39, 0.29) is 0 Å². The fraction of sp³-hybridized carbons (Fsp3) is 0.950. The minimum atomic E-state index is -8.28. The van der Waals surface area contributed by atoms with Crippen LogP contribution >= 0.6 is 23.5 Å². The number of thioether (sulfide) groups is 2. The van der Waals surface area contributed by atoms with Crippen LogP contribution in [0.15, 0.2) is 0 Å². The number of ether oxygens (including phenoxy) is 1. The molecule has 300 valence electrons. The molecule has 2 nitrogen and oxygen atoms in total. The number of hydrogen-bond acceptors (Lipinski definition) is 4. The first kappa shape index (κ1) is 48.3. The van der Waals surface area contributed by atoms with Gasteiger partial charge in [-0.1, -0.05) is 0 Å². The van der Waals surface area contributed by atoms with Gasteiger partial charge in [-0.25, -0.2) is 4.79 Å². The molecule has 0 fully saturated rings. The summed E-state index contributed by atoms with van der Waals surface area (Å²) >= 11 is -1.39. The molecule has 0 rings (SSSR count). The molecule has 0 aliphatic carbocycles. The van der Waals surface area contributed by atoms with Crippen molar-refractivity contribution in [3.05, 3.63) is 0 Å². The van der Waals surface area contributed by atoms with Gasteiger partial charge < -0.3 is 4.74 Å². The maximum absolute atomic E-state index is 14.0. The van der Waals surface area contributed by atoms with Crippen LogP contribution in [-0.4, -0.2) is 100 Å². The average molecular weight is 844 g/mol. The van der Waals surface area contributed by atoms with E-state index in [1.54, 1.807) is 0 Å². The van der Waals surface area contributed by atoms with Gasteiger partial charge in [0.15, 0.2) is 0 Å². The van der Waals surface area contributed by atoms with Crippen LogP contribution in [0.25, 0.3) is 0 Å². The molecule has 0 aromatic carbocycles. The lowest BCUT2D eigenvalue weighted by molar-refractivity contribution is -0.439. The van der Waals surface area contributed by atoms with Crippen LogP contribution in [0.3, 0.4) is 0 Å². The number of alkyl halides is 26. The Labute approximate surface area is 267 Å². The lowest BCUT2D eigenvalue weighted by Crippen LogP contribution is -2.70. The van der Waals surface area contributed by atoms with Gasteiger partial charge in [-0.15, -0.1) is 23.5 Å². The average Bonchev–Trinajstić information content (AvgIpc) is 2.89. The van der Waals surface area contributed by atoms with E-state index >= 15 is 0 Å². The number of hydrogen-bond donors (Lipinski definition) is 0. The van der Waals surface area contributed by atoms with Crippen molar-refractivity contribution in [1.82, 2.24) is 0 Å². The lowest BCUT2D eigenvalue weighted by atomic mass is 9.93. The Morgan fingerprint density at radius 3 is 0.900 bits per heavy atom. The Morgan fingerprint density at radius 2 is 0.680 bits per heavy atom. The highest BCUT2D eigenvalue weighted by molar-refractivity contribution is 8.18. The van der Waals surface area contributed by atoms with Gasteiger partial charge in [0, 0.05) is 24.3 Å². The normalized spacial score (nSPS) is 15.9. The van der Waals surface area contributed by atoms with Gasteiger partial charge in [0.25, 0.3) is 0 Å². The minimum Gasteiger partial charge on any atom is -0.465 e. The fourth-order valence-corrected chi connectivity index (χ4v) is 5.45. The largest absolute Gasteiger partial charge is 0.465 e. The second kappa shape index (κ2) is 14.3. The molecule has 0 amide bonds. The van der Waals surface area contributed by atoms with Crippen LogP contribution in [0.5, 0.6) is 0 Å². The molecule has 0 atom stereocenters. The molecule has 50 heavy (non-hydrogen) atoms. The van der Waals surface area contributed by atoms with E-state index in [4.69, 9.17) is 0 Å². The SMILES string of the molecule is CCOC(=O)C(SCCC(F)(F)C(F)(F)C(F)(F)C(F)(F)C(F)(F)C(F)(F)F)SCCC(F)(F)C(F)(F)C(F)(F)C(F)(F)C(F)(F)C(F)(F)F. The van der Waals surface area contributed by atoms with Gasteiger partial charge in [0.2, 0.25) is 0 Å². The van der Waals surface area contributed by atoms with Crippen molar-refractivity contribution in [2.45, 2.75) is 95.9 Å². The molecule has 0 aliphatic rings. The molecule has 0 aromatic rings. The molecular formula is C20H14F26O2S2. The van der Waals surface area contributed by atoms with E-state index in [0.717, 1.165) is 6.92 Å². The van der Waals surface area contributed by atoms with Gasteiger partial charge in [-0.2, -0.15) is 114 Å². The van der Waals surface area contributed by atoms with Crippen molar-refractivity contribution in [2.75, 3.05) is 18.1 Å². The lowest BCUT2D eigenvalue weighted by Gasteiger charge is -2.40. The van der Waals surface area contributed by atoms with Crippen LogP contribution < -0.4 is 0 Å². The first-order valence-electron chi connectivity index (χ1n) is 11.9. The van der Waals surface area contributed by atoms with Crippen molar-refractivity contribution in [3.8, 4) is 0 Å². The number of esters is 1. The predicted molar refractivity (Wildman–Crippen MR) is 116 cm³/mol. The summed E-state index contributed by atoms with van der Waals surface area (Å²) in [6.07, 6.45) is -21.4. The molecule has 0 aliphatic heterocycles. The van der Waals surface area contributed by atoms with E-state index in [2.05, 4.69) is 4.74 Å². The maximum atomic E-state index is 14.0. The highest BCUT2D eigenvalue weighted by atomic mass is 32.2. The first-order valence-corrected chi connectivity index (χ1v) is 14.0. The molecule has 0 spiro atoms. The molecule has 0 N–H and O–H groups in total. The zero-order chi connectivity index (χ0) is 40.8. The molecule has 0 radical (unpaired) electrons. The van der Waals surface area contributed by atoms with E-state index in [1.807, 2.05) is 0 Å². The molecule has 30 heteroatoms. The van der Waals surface area contributed by atoms with Gasteiger partial charge in [0.05, 0.1) is 6.61 Å². The van der Waals surface area contributed by atoms with Crippen molar-refractivity contribution >= 4 is 29.5 Å². The Hall–Kier alpha value is -1.65. The quantitative estimate of drug-likeness (QED) is 0.0780. The van der Waals surface area contributed by atoms with Crippen molar-refractivity contribution in [1.29, 1.82) is 0 Å². The molecule has 0 heterocycles. The van der Waals surface area contributed by atoms with Crippen molar-refractivity contribution in [2.24, 2.45) is 0 Å². The Kier molecular flexibility index (Phi) is 13.8. The predicted octanol–water partition coefficient (Wildman–Crippen LogP) is 10.6. The number of halogens is 26. The van der Waals surface area contributed by atoms with Crippen LogP contribution in [0.4, 0.5) is 114 Å². The van der Waals surface area contributed by atoms with E-state index in [9.17, 15) is 119 Å². The molecule has 0 saturated carbocycles. The van der Waals surface area contributed by atoms with Gasteiger partial charge >= 0.3 is 77.5 Å². The number of carbonyl (C=O) groups is 1. The topological polar surface area (TPSA) is 26.3 Å². The van der Waals surface area contributed by atoms with Crippen LogP contribution in [0.2, 0.25) is 0 Å². The highest BCUT2D eigenvalue weighted by Crippen LogP contribution is 2.62. The third kappa shape index (κ3) is 7.97. The second-order valence-corrected chi connectivity index (χ2v) is 12.0. The standard InChI is InChI=1S/C20H14F26O2S2/c1-2-48-7(47)8(49-5-3-9(21,22)11(25,26)13(29,30)15(33,34)17(37,38)19(41,42)43)50-6-4-10(23,24)12(27,28)14(31,32)16(35,36)18(39,40)20(44,45)46/h8H,2-6H2,1H3. The number of rotatable bonds is 18. The highest BCUT2D eigenvalue weighted by Gasteiger charge is 2.92. The Balaban J connectivity index is 6.12. The summed E-state index contributed by atoms with van der Waals surface area (Å²) in [7, 11) is 0. The Morgan fingerprint density at radius 1 is 0.440 bits per heavy atom. The van der Waals surface area contributed by atoms with Crippen LogP contribution in [0.1, 0.15) is 19.8 Å². The summed E-state index contributed by atoms with van der Waals surface area (Å²) in [5.74, 6) is -84.1. The summed E-state index contributed by atoms with van der Waals surface area (Å²) in [5.41, 5.74) is 0. The van der Waals surface area contributed by atoms with E-state index in [0.29, 0.717) is 0 Å². The second-order valence-electron chi connectivity index (χ2n) is 9.33. The zero-order valence-electron chi connectivity index (χ0n) is 23.1. The monoisotopic (exact) mass is 844 g/mol. The smallest absolute Gasteiger partial charge is 0.460 e. The third-order valence-electron chi connectivity index (χ3n) is 5.85. The summed E-state index contributed by atoms with van der Waals surface area (Å²) < 4.78 is 345. The molecular weight excluding hydrogens is 830 g/mol. The van der Waals surface area contributed by atoms with E-state index < -0.39 is 137 Å². The first-order chi connectivity index (χ1) is 21.5. The molecule has 0 unspecified atom stereocenters. The summed E-state index contributed by atoms with van der Waals surface area (Å²) in [6, 6.07) is 0. The molecule has 0 saturated heterocycles. The number of carbonyl (C=O) groups excluding carboxylic acids is 1. The summed E-state index contributed by atoms with van der Waals surface area (Å²) in [6.45, 7) is 0.0913. The fourth-order valence-electron chi connectivity index (χ4n) is 2.90.